The van der Waals surface area contributed by atoms with E-state index in [1.807, 2.05) is 6.92 Å². The highest BCUT2D eigenvalue weighted by atomic mass is 16.3. The number of hydrogen-bond donors (Lipinski definition) is 2. The first-order valence-corrected chi connectivity index (χ1v) is 2.96. The van der Waals surface area contributed by atoms with Crippen LogP contribution in [-0.4, -0.2) is 29.6 Å². The van der Waals surface area contributed by atoms with Crippen LogP contribution in [0.5, 0.6) is 0 Å². The second kappa shape index (κ2) is 5.65. The van der Waals surface area contributed by atoms with Gasteiger partial charge in [-0.25, -0.2) is 0 Å². The van der Waals surface area contributed by atoms with Crippen molar-refractivity contribution in [2.24, 2.45) is 10.2 Å². The van der Waals surface area contributed by atoms with Gasteiger partial charge in [-0.1, -0.05) is 6.92 Å². The van der Waals surface area contributed by atoms with Gasteiger partial charge in [0.15, 0.2) is 6.23 Å². The van der Waals surface area contributed by atoms with Gasteiger partial charge in [0.1, 0.15) is 0 Å². The summed E-state index contributed by atoms with van der Waals surface area (Å²) in [6.07, 6.45) is -0.127. The van der Waals surface area contributed by atoms with E-state index in [1.54, 1.807) is 0 Å². The Morgan fingerprint density at radius 2 is 2.22 bits per heavy atom. The zero-order chi connectivity index (χ0) is 7.11. The van der Waals surface area contributed by atoms with E-state index in [2.05, 4.69) is 10.2 Å². The summed E-state index contributed by atoms with van der Waals surface area (Å²) in [6, 6.07) is 0. The Hall–Kier alpha value is -0.480. The van der Waals surface area contributed by atoms with Crippen LogP contribution in [0.4, 0.5) is 0 Å². The smallest absolute Gasteiger partial charge is 0.188 e. The number of azo groups is 1. The Bertz CT molecular complexity index is 85.0. The summed E-state index contributed by atoms with van der Waals surface area (Å²) in [7, 11) is 0. The van der Waals surface area contributed by atoms with Gasteiger partial charge < -0.3 is 10.2 Å². The van der Waals surface area contributed by atoms with Gasteiger partial charge in [0.05, 0.1) is 13.2 Å². The minimum absolute atomic E-state index is 0.354. The highest BCUT2D eigenvalue weighted by Gasteiger charge is 1.93. The molecule has 0 aromatic carbocycles. The van der Waals surface area contributed by atoms with Gasteiger partial charge >= 0.3 is 0 Å². The second-order valence-electron chi connectivity index (χ2n) is 1.64. The Labute approximate surface area is 54.2 Å². The van der Waals surface area contributed by atoms with Crippen molar-refractivity contribution in [3.05, 3.63) is 0 Å². The molecule has 0 amide bonds. The maximum Gasteiger partial charge on any atom is 0.188 e. The van der Waals surface area contributed by atoms with Gasteiger partial charge in [-0.15, -0.1) is 0 Å². The van der Waals surface area contributed by atoms with Crippen molar-refractivity contribution < 1.29 is 10.2 Å². The lowest BCUT2D eigenvalue weighted by Crippen LogP contribution is -2.06. The minimum atomic E-state index is -1.03. The molecule has 0 spiro atoms. The molecule has 0 saturated heterocycles. The van der Waals surface area contributed by atoms with E-state index in [0.717, 1.165) is 6.42 Å². The van der Waals surface area contributed by atoms with Crippen LogP contribution in [-0.2, 0) is 0 Å². The van der Waals surface area contributed by atoms with Crippen molar-refractivity contribution in [3.63, 3.8) is 0 Å². The van der Waals surface area contributed by atoms with Crippen LogP contribution in [0.15, 0.2) is 10.2 Å². The zero-order valence-corrected chi connectivity index (χ0v) is 5.49. The Morgan fingerprint density at radius 3 is 2.67 bits per heavy atom. The van der Waals surface area contributed by atoms with E-state index >= 15 is 0 Å². The molecule has 0 radical (unpaired) electrons. The maximum atomic E-state index is 8.57. The third-order valence-electron chi connectivity index (χ3n) is 0.702. The molecule has 0 bridgehead atoms. The van der Waals surface area contributed by atoms with Crippen LogP contribution < -0.4 is 0 Å². The fourth-order valence-corrected chi connectivity index (χ4v) is 0.288. The van der Waals surface area contributed by atoms with Crippen molar-refractivity contribution >= 4 is 0 Å². The van der Waals surface area contributed by atoms with Crippen LogP contribution in [0.3, 0.4) is 0 Å². The Morgan fingerprint density at radius 1 is 1.56 bits per heavy atom. The summed E-state index contributed by atoms with van der Waals surface area (Å²) in [5.74, 6) is 0. The third-order valence-corrected chi connectivity index (χ3v) is 0.702. The molecule has 0 rings (SSSR count). The Balaban J connectivity index is 3.20. The van der Waals surface area contributed by atoms with Crippen molar-refractivity contribution in [2.75, 3.05) is 13.2 Å². The first kappa shape index (κ1) is 8.52. The monoisotopic (exact) mass is 132 g/mol. The Kier molecular flexibility index (Phi) is 5.35. The molecule has 0 aromatic heterocycles. The average molecular weight is 132 g/mol. The van der Waals surface area contributed by atoms with E-state index in [4.69, 9.17) is 10.2 Å². The summed E-state index contributed by atoms with van der Waals surface area (Å²) in [4.78, 5) is 0. The molecule has 54 valence electrons. The molecule has 0 aliphatic rings. The van der Waals surface area contributed by atoms with Crippen molar-refractivity contribution in [2.45, 2.75) is 19.6 Å². The molecule has 2 N–H and O–H groups in total. The molecule has 1 atom stereocenters. The van der Waals surface area contributed by atoms with E-state index in [9.17, 15) is 0 Å². The first-order chi connectivity index (χ1) is 4.31. The summed E-state index contributed by atoms with van der Waals surface area (Å²) in [5, 5.41) is 23.7. The number of rotatable bonds is 4. The van der Waals surface area contributed by atoms with E-state index in [-0.39, 0.29) is 6.61 Å². The molecule has 4 nitrogen and oxygen atoms in total. The number of hydrogen-bond acceptors (Lipinski definition) is 4. The van der Waals surface area contributed by atoms with Gasteiger partial charge in [0, 0.05) is 0 Å². The van der Waals surface area contributed by atoms with Crippen LogP contribution in [0.1, 0.15) is 13.3 Å². The van der Waals surface area contributed by atoms with Gasteiger partial charge in [-0.05, 0) is 6.42 Å². The molecule has 9 heavy (non-hydrogen) atoms. The lowest BCUT2D eigenvalue weighted by atomic mass is 10.5. The van der Waals surface area contributed by atoms with Gasteiger partial charge in [-0.3, -0.25) is 0 Å². The van der Waals surface area contributed by atoms with Crippen LogP contribution >= 0.6 is 0 Å². The molecular weight excluding hydrogens is 120 g/mol. The van der Waals surface area contributed by atoms with Gasteiger partial charge in [-0.2, -0.15) is 10.2 Å². The highest BCUT2D eigenvalue weighted by molar-refractivity contribution is 4.42. The molecule has 4 heteroatoms. The molecule has 0 aliphatic carbocycles. The second-order valence-corrected chi connectivity index (χ2v) is 1.64. The maximum absolute atomic E-state index is 8.57. The van der Waals surface area contributed by atoms with Gasteiger partial charge in [0.2, 0.25) is 0 Å². The predicted molar refractivity (Wildman–Crippen MR) is 33.1 cm³/mol. The zero-order valence-electron chi connectivity index (χ0n) is 5.49. The van der Waals surface area contributed by atoms with Crippen LogP contribution in [0.2, 0.25) is 0 Å². The lowest BCUT2D eigenvalue weighted by molar-refractivity contribution is 0.0959. The molecule has 0 heterocycles. The van der Waals surface area contributed by atoms with Crippen LogP contribution in [0.25, 0.3) is 0 Å². The molecule has 0 aromatic rings. The quantitative estimate of drug-likeness (QED) is 0.535. The van der Waals surface area contributed by atoms with Crippen molar-refractivity contribution in [3.8, 4) is 0 Å². The fourth-order valence-electron chi connectivity index (χ4n) is 0.288. The standard InChI is InChI=1S/C5H12N2O2/c1-2-3-6-7-5(9)4-8/h5,8-9H,2-4H2,1H3. The molecule has 0 fully saturated rings. The van der Waals surface area contributed by atoms with E-state index < -0.39 is 6.23 Å². The summed E-state index contributed by atoms with van der Waals surface area (Å²) < 4.78 is 0. The summed E-state index contributed by atoms with van der Waals surface area (Å²) >= 11 is 0. The highest BCUT2D eigenvalue weighted by Crippen LogP contribution is 1.85. The van der Waals surface area contributed by atoms with Crippen molar-refractivity contribution in [1.82, 2.24) is 0 Å². The first-order valence-electron chi connectivity index (χ1n) is 2.96. The predicted octanol–water partition coefficient (Wildman–Crippen LogP) is 0.159. The summed E-state index contributed by atoms with van der Waals surface area (Å²) in [5.41, 5.74) is 0. The van der Waals surface area contributed by atoms with Gasteiger partial charge in [0.25, 0.3) is 0 Å². The average Bonchev–Trinajstić information content (AvgIpc) is 1.89. The lowest BCUT2D eigenvalue weighted by Gasteiger charge is -1.95. The molecule has 0 aliphatic heterocycles. The number of aliphatic hydroxyl groups is 2. The largest absolute Gasteiger partial charge is 0.392 e. The molecule has 1 unspecified atom stereocenters. The molecular formula is C5H12N2O2. The van der Waals surface area contributed by atoms with E-state index in [1.165, 1.54) is 0 Å². The number of nitrogens with zero attached hydrogens (tertiary/aromatic N) is 2. The summed E-state index contributed by atoms with van der Waals surface area (Å²) in [6.45, 7) is 2.22. The van der Waals surface area contributed by atoms with Crippen molar-refractivity contribution in [1.29, 1.82) is 0 Å². The topological polar surface area (TPSA) is 65.2 Å². The van der Waals surface area contributed by atoms with E-state index in [0.29, 0.717) is 6.54 Å². The SMILES string of the molecule is CCCN=NC(O)CO. The minimum Gasteiger partial charge on any atom is -0.392 e. The number of aliphatic hydroxyl groups excluding tert-OH is 2. The molecule has 0 saturated carbocycles. The third kappa shape index (κ3) is 5.39. The fraction of sp³-hybridized carbons (Fsp3) is 1.00. The van der Waals surface area contributed by atoms with Crippen LogP contribution in [0, 0.1) is 0 Å². The normalized spacial score (nSPS) is 14.6.